The van der Waals surface area contributed by atoms with E-state index >= 15 is 0 Å². The number of carbonyl (C=O) groups is 3. The number of nitrogens with zero attached hydrogens (tertiary/aromatic N) is 1. The highest BCUT2D eigenvalue weighted by atomic mass is 35.5. The maximum Gasteiger partial charge on any atom is 0.339 e. The quantitative estimate of drug-likeness (QED) is 0.888. The van der Waals surface area contributed by atoms with Crippen LogP contribution >= 0.6 is 11.6 Å². The van der Waals surface area contributed by atoms with Crippen LogP contribution in [0.1, 0.15) is 23.7 Å². The molecule has 1 aliphatic heterocycles. The zero-order chi connectivity index (χ0) is 15.6. The first-order valence-corrected chi connectivity index (χ1v) is 6.92. The number of amides is 2. The highest BCUT2D eigenvalue weighted by Gasteiger charge is 2.33. The molecular formula is C14H15ClN2O4. The minimum atomic E-state index is -1.21. The van der Waals surface area contributed by atoms with Crippen molar-refractivity contribution in [3.8, 4) is 0 Å². The summed E-state index contributed by atoms with van der Waals surface area (Å²) in [5, 5.41) is 11.8. The molecule has 0 aliphatic carbocycles. The number of anilines is 1. The molecule has 2 rings (SSSR count). The Morgan fingerprint density at radius 2 is 2.19 bits per heavy atom. The van der Waals surface area contributed by atoms with Crippen molar-refractivity contribution in [3.63, 3.8) is 0 Å². The third-order valence-corrected chi connectivity index (χ3v) is 3.77. The number of carboxylic acid groups (broad SMARTS) is 1. The van der Waals surface area contributed by atoms with Gasteiger partial charge in [-0.05, 0) is 19.1 Å². The normalized spacial score (nSPS) is 17.9. The van der Waals surface area contributed by atoms with Gasteiger partial charge in [0.25, 0.3) is 0 Å². The maximum atomic E-state index is 12.2. The molecule has 6 nitrogen and oxygen atoms in total. The Labute approximate surface area is 126 Å². The number of hydrogen-bond donors (Lipinski definition) is 2. The van der Waals surface area contributed by atoms with Crippen molar-refractivity contribution in [1.29, 1.82) is 0 Å². The number of halogens is 1. The first-order valence-electron chi connectivity index (χ1n) is 6.54. The predicted octanol–water partition coefficient (Wildman–Crippen LogP) is 1.85. The lowest BCUT2D eigenvalue weighted by Crippen LogP contribution is -2.28. The van der Waals surface area contributed by atoms with E-state index in [1.165, 1.54) is 12.1 Å². The Balaban J connectivity index is 2.16. The van der Waals surface area contributed by atoms with Gasteiger partial charge in [0.2, 0.25) is 11.8 Å². The molecule has 1 unspecified atom stereocenters. The van der Waals surface area contributed by atoms with Crippen LogP contribution in [0.5, 0.6) is 0 Å². The first kappa shape index (κ1) is 15.3. The zero-order valence-corrected chi connectivity index (χ0v) is 12.2. The molecule has 0 bridgehead atoms. The minimum absolute atomic E-state index is 0.0537. The van der Waals surface area contributed by atoms with Gasteiger partial charge >= 0.3 is 5.97 Å². The van der Waals surface area contributed by atoms with Crippen molar-refractivity contribution in [1.82, 2.24) is 4.90 Å². The first-order chi connectivity index (χ1) is 9.93. The Morgan fingerprint density at radius 3 is 2.76 bits per heavy atom. The van der Waals surface area contributed by atoms with Gasteiger partial charge in [0.05, 0.1) is 16.6 Å². The molecule has 2 amide bonds. The van der Waals surface area contributed by atoms with Gasteiger partial charge in [-0.1, -0.05) is 17.7 Å². The van der Waals surface area contributed by atoms with Crippen molar-refractivity contribution in [3.05, 3.63) is 28.8 Å². The molecule has 1 aromatic rings. The van der Waals surface area contributed by atoms with E-state index in [0.29, 0.717) is 13.1 Å². The van der Waals surface area contributed by atoms with Gasteiger partial charge < -0.3 is 15.3 Å². The number of benzene rings is 1. The molecule has 0 aromatic heterocycles. The zero-order valence-electron chi connectivity index (χ0n) is 11.4. The van der Waals surface area contributed by atoms with E-state index in [-0.39, 0.29) is 34.5 Å². The molecule has 1 saturated heterocycles. The third-order valence-electron chi connectivity index (χ3n) is 3.45. The van der Waals surface area contributed by atoms with Gasteiger partial charge in [0.1, 0.15) is 5.56 Å². The fourth-order valence-electron chi connectivity index (χ4n) is 2.33. The summed E-state index contributed by atoms with van der Waals surface area (Å²) >= 11 is 5.84. The number of rotatable bonds is 4. The summed E-state index contributed by atoms with van der Waals surface area (Å²) < 4.78 is 0. The molecule has 21 heavy (non-hydrogen) atoms. The second-order valence-corrected chi connectivity index (χ2v) is 5.20. The molecule has 1 atom stereocenters. The summed E-state index contributed by atoms with van der Waals surface area (Å²) in [4.78, 5) is 36.6. The molecule has 1 aliphatic rings. The fourth-order valence-corrected chi connectivity index (χ4v) is 2.59. The van der Waals surface area contributed by atoms with Crippen LogP contribution in [0.3, 0.4) is 0 Å². The van der Waals surface area contributed by atoms with E-state index in [4.69, 9.17) is 16.7 Å². The van der Waals surface area contributed by atoms with Crippen molar-refractivity contribution in [2.45, 2.75) is 13.3 Å². The Hall–Kier alpha value is -2.08. The summed E-state index contributed by atoms with van der Waals surface area (Å²) in [6, 6.07) is 4.47. The minimum Gasteiger partial charge on any atom is -0.478 e. The second kappa shape index (κ2) is 6.13. The van der Waals surface area contributed by atoms with Gasteiger partial charge in [0.15, 0.2) is 0 Å². The van der Waals surface area contributed by atoms with Crippen LogP contribution in [-0.2, 0) is 9.59 Å². The van der Waals surface area contributed by atoms with Crippen LogP contribution in [0.2, 0.25) is 5.02 Å². The average Bonchev–Trinajstić information content (AvgIpc) is 2.79. The molecule has 0 spiro atoms. The molecule has 0 radical (unpaired) electrons. The summed E-state index contributed by atoms with van der Waals surface area (Å²) in [5.74, 6) is -2.13. The van der Waals surface area contributed by atoms with E-state index in [1.54, 1.807) is 11.0 Å². The second-order valence-electron chi connectivity index (χ2n) is 4.79. The number of carboxylic acids is 1. The molecule has 1 aromatic carbocycles. The van der Waals surface area contributed by atoms with E-state index in [9.17, 15) is 14.4 Å². The molecule has 7 heteroatoms. The third kappa shape index (κ3) is 3.16. The monoisotopic (exact) mass is 310 g/mol. The lowest BCUT2D eigenvalue weighted by molar-refractivity contribution is -0.128. The fraction of sp³-hybridized carbons (Fsp3) is 0.357. The van der Waals surface area contributed by atoms with E-state index in [0.717, 1.165) is 0 Å². The van der Waals surface area contributed by atoms with Crippen LogP contribution in [0.25, 0.3) is 0 Å². The lowest BCUT2D eigenvalue weighted by atomic mass is 10.1. The van der Waals surface area contributed by atoms with Crippen LogP contribution in [0, 0.1) is 5.92 Å². The molecule has 1 fully saturated rings. The highest BCUT2D eigenvalue weighted by molar-refractivity contribution is 6.34. The van der Waals surface area contributed by atoms with Crippen LogP contribution in [-0.4, -0.2) is 40.9 Å². The van der Waals surface area contributed by atoms with Crippen molar-refractivity contribution >= 4 is 35.1 Å². The van der Waals surface area contributed by atoms with Gasteiger partial charge in [-0.3, -0.25) is 9.59 Å². The Morgan fingerprint density at radius 1 is 1.48 bits per heavy atom. The van der Waals surface area contributed by atoms with Crippen LogP contribution in [0.4, 0.5) is 5.69 Å². The van der Waals surface area contributed by atoms with Gasteiger partial charge in [-0.2, -0.15) is 0 Å². The molecule has 112 valence electrons. The number of carbonyl (C=O) groups excluding carboxylic acids is 2. The van der Waals surface area contributed by atoms with Crippen molar-refractivity contribution in [2.24, 2.45) is 5.92 Å². The lowest BCUT2D eigenvalue weighted by Gasteiger charge is -2.14. The highest BCUT2D eigenvalue weighted by Crippen LogP contribution is 2.26. The number of aromatic carboxylic acids is 1. The number of nitrogens with one attached hydrogen (secondary N) is 1. The summed E-state index contributed by atoms with van der Waals surface area (Å²) in [6.07, 6.45) is 0.142. The van der Waals surface area contributed by atoms with Gasteiger partial charge in [-0.25, -0.2) is 4.79 Å². The maximum absolute atomic E-state index is 12.2. The van der Waals surface area contributed by atoms with Crippen molar-refractivity contribution < 1.29 is 19.5 Å². The standard InChI is InChI=1S/C14H15ClN2O4/c1-2-17-7-8(6-11(17)18)13(19)16-10-5-3-4-9(15)12(10)14(20)21/h3-5,8H,2,6-7H2,1H3,(H,16,19)(H,20,21). The summed E-state index contributed by atoms with van der Waals surface area (Å²) in [6.45, 7) is 2.75. The number of hydrogen-bond acceptors (Lipinski definition) is 3. The summed E-state index contributed by atoms with van der Waals surface area (Å²) in [5.41, 5.74) is -0.00779. The molecular weight excluding hydrogens is 296 g/mol. The largest absolute Gasteiger partial charge is 0.478 e. The SMILES string of the molecule is CCN1CC(C(=O)Nc2cccc(Cl)c2C(=O)O)CC1=O. The van der Waals surface area contributed by atoms with E-state index in [1.807, 2.05) is 6.92 Å². The molecule has 0 saturated carbocycles. The van der Waals surface area contributed by atoms with Crippen LogP contribution in [0.15, 0.2) is 18.2 Å². The average molecular weight is 311 g/mol. The predicted molar refractivity (Wildman–Crippen MR) is 77.4 cm³/mol. The van der Waals surface area contributed by atoms with Gasteiger partial charge in [0, 0.05) is 19.5 Å². The van der Waals surface area contributed by atoms with Crippen LogP contribution < -0.4 is 5.32 Å². The van der Waals surface area contributed by atoms with E-state index < -0.39 is 11.9 Å². The molecule has 1 heterocycles. The smallest absolute Gasteiger partial charge is 0.339 e. The topological polar surface area (TPSA) is 86.7 Å². The Bertz CT molecular complexity index is 603. The Kier molecular flexibility index (Phi) is 4.47. The van der Waals surface area contributed by atoms with E-state index in [2.05, 4.69) is 5.32 Å². The van der Waals surface area contributed by atoms with Crippen molar-refractivity contribution in [2.75, 3.05) is 18.4 Å². The van der Waals surface area contributed by atoms with Gasteiger partial charge in [-0.15, -0.1) is 0 Å². The molecule has 2 N–H and O–H groups in total. The summed E-state index contributed by atoms with van der Waals surface area (Å²) in [7, 11) is 0. The number of likely N-dealkylation sites (tertiary alicyclic amines) is 1.